The molecule has 76 valence electrons. The zero-order chi connectivity index (χ0) is 9.97. The molecule has 1 aromatic heterocycles. The Morgan fingerprint density at radius 1 is 1.57 bits per heavy atom. The molecule has 0 radical (unpaired) electrons. The highest BCUT2D eigenvalue weighted by Gasteiger charge is 2.17. The number of nitrogen functional groups attached to an aromatic ring is 1. The van der Waals surface area contributed by atoms with E-state index in [1.807, 2.05) is 13.0 Å². The van der Waals surface area contributed by atoms with Crippen molar-refractivity contribution >= 4 is 5.69 Å². The summed E-state index contributed by atoms with van der Waals surface area (Å²) >= 11 is 0. The summed E-state index contributed by atoms with van der Waals surface area (Å²) in [5.41, 5.74) is 7.16. The van der Waals surface area contributed by atoms with Crippen molar-refractivity contribution in [2.24, 2.45) is 0 Å². The van der Waals surface area contributed by atoms with Crippen molar-refractivity contribution in [3.63, 3.8) is 0 Å². The molecule has 0 aromatic carbocycles. The van der Waals surface area contributed by atoms with Crippen LogP contribution in [0.15, 0.2) is 12.1 Å². The first-order chi connectivity index (χ1) is 6.75. The summed E-state index contributed by atoms with van der Waals surface area (Å²) in [7, 11) is 0. The number of pyridine rings is 1. The third-order valence-corrected chi connectivity index (χ3v) is 2.28. The van der Waals surface area contributed by atoms with Crippen molar-refractivity contribution in [2.75, 3.05) is 18.9 Å². The fourth-order valence-corrected chi connectivity index (χ4v) is 1.39. The number of nitrogens with zero attached hydrogens (tertiary/aromatic N) is 1. The lowest BCUT2D eigenvalue weighted by Gasteiger charge is -2.11. The van der Waals surface area contributed by atoms with E-state index in [-0.39, 0.29) is 6.10 Å². The summed E-state index contributed by atoms with van der Waals surface area (Å²) in [6.45, 7) is 3.30. The van der Waals surface area contributed by atoms with Gasteiger partial charge in [0.1, 0.15) is 6.10 Å². The Kier molecular flexibility index (Phi) is 2.54. The first-order valence-corrected chi connectivity index (χ1v) is 4.73. The molecule has 14 heavy (non-hydrogen) atoms. The molecule has 1 aromatic rings. The minimum Gasteiger partial charge on any atom is -0.472 e. The van der Waals surface area contributed by atoms with E-state index in [0.29, 0.717) is 18.2 Å². The van der Waals surface area contributed by atoms with Crippen LogP contribution in [0.3, 0.4) is 0 Å². The van der Waals surface area contributed by atoms with E-state index in [1.165, 1.54) is 0 Å². The lowest BCUT2D eigenvalue weighted by Crippen LogP contribution is -2.16. The lowest BCUT2D eigenvalue weighted by atomic mass is 10.3. The summed E-state index contributed by atoms with van der Waals surface area (Å²) in [5, 5.41) is 0. The Morgan fingerprint density at radius 2 is 2.43 bits per heavy atom. The van der Waals surface area contributed by atoms with Gasteiger partial charge in [-0.1, -0.05) is 0 Å². The van der Waals surface area contributed by atoms with Gasteiger partial charge in [-0.25, -0.2) is 4.98 Å². The van der Waals surface area contributed by atoms with Gasteiger partial charge >= 0.3 is 0 Å². The van der Waals surface area contributed by atoms with Crippen LogP contribution in [0.1, 0.15) is 12.1 Å². The largest absolute Gasteiger partial charge is 0.472 e. The Bertz CT molecular complexity index is 322. The van der Waals surface area contributed by atoms with E-state index in [1.54, 1.807) is 6.07 Å². The molecule has 1 fully saturated rings. The topological polar surface area (TPSA) is 57.4 Å². The second kappa shape index (κ2) is 3.84. The molecule has 2 N–H and O–H groups in total. The molecule has 2 rings (SSSR count). The average molecular weight is 194 g/mol. The number of nitrogens with two attached hydrogens (primary N) is 1. The van der Waals surface area contributed by atoms with Crippen molar-refractivity contribution in [2.45, 2.75) is 19.4 Å². The van der Waals surface area contributed by atoms with E-state index in [0.717, 1.165) is 18.7 Å². The monoisotopic (exact) mass is 194 g/mol. The van der Waals surface area contributed by atoms with Gasteiger partial charge in [-0.05, 0) is 13.0 Å². The Hall–Kier alpha value is -1.29. The molecule has 2 heterocycles. The fourth-order valence-electron chi connectivity index (χ4n) is 1.39. The number of anilines is 1. The van der Waals surface area contributed by atoms with Crippen molar-refractivity contribution < 1.29 is 9.47 Å². The highest BCUT2D eigenvalue weighted by Crippen LogP contribution is 2.17. The van der Waals surface area contributed by atoms with Gasteiger partial charge in [0.15, 0.2) is 0 Å². The van der Waals surface area contributed by atoms with Gasteiger partial charge in [-0.3, -0.25) is 0 Å². The Balaban J connectivity index is 2.05. The SMILES string of the molecule is Cc1nc(O[C@@H]2CCOC2)ccc1N. The van der Waals surface area contributed by atoms with Crippen LogP contribution in [0.5, 0.6) is 5.88 Å². The molecule has 1 aliphatic heterocycles. The Morgan fingerprint density at radius 3 is 3.07 bits per heavy atom. The second-order valence-corrected chi connectivity index (χ2v) is 3.43. The van der Waals surface area contributed by atoms with Gasteiger partial charge < -0.3 is 15.2 Å². The van der Waals surface area contributed by atoms with E-state index < -0.39 is 0 Å². The number of hydrogen-bond acceptors (Lipinski definition) is 4. The molecule has 0 bridgehead atoms. The highest BCUT2D eigenvalue weighted by molar-refractivity contribution is 5.43. The van der Waals surface area contributed by atoms with Gasteiger partial charge in [-0.15, -0.1) is 0 Å². The van der Waals surface area contributed by atoms with Crippen LogP contribution < -0.4 is 10.5 Å². The summed E-state index contributed by atoms with van der Waals surface area (Å²) in [4.78, 5) is 4.23. The molecule has 1 aliphatic rings. The molecule has 0 amide bonds. The van der Waals surface area contributed by atoms with E-state index in [2.05, 4.69) is 4.98 Å². The molecule has 0 unspecified atom stereocenters. The Labute approximate surface area is 83.0 Å². The molecule has 1 saturated heterocycles. The normalized spacial score (nSPS) is 21.1. The molecule has 0 saturated carbocycles. The van der Waals surface area contributed by atoms with Gasteiger partial charge in [0.05, 0.1) is 24.6 Å². The minimum atomic E-state index is 0.144. The summed E-state index contributed by atoms with van der Waals surface area (Å²) in [6, 6.07) is 3.61. The quantitative estimate of drug-likeness (QED) is 0.767. The molecule has 4 nitrogen and oxygen atoms in total. The standard InChI is InChI=1S/C10H14N2O2/c1-7-9(11)2-3-10(12-7)14-8-4-5-13-6-8/h2-3,8H,4-6,11H2,1H3/t8-/m1/s1. The number of aromatic nitrogens is 1. The minimum absolute atomic E-state index is 0.144. The van der Waals surface area contributed by atoms with Crippen LogP contribution in [0, 0.1) is 6.92 Å². The van der Waals surface area contributed by atoms with E-state index in [9.17, 15) is 0 Å². The molecular formula is C10H14N2O2. The zero-order valence-electron chi connectivity index (χ0n) is 8.19. The number of hydrogen-bond donors (Lipinski definition) is 1. The van der Waals surface area contributed by atoms with Gasteiger partial charge in [0, 0.05) is 12.5 Å². The van der Waals surface area contributed by atoms with Gasteiger partial charge in [-0.2, -0.15) is 0 Å². The third-order valence-electron chi connectivity index (χ3n) is 2.28. The van der Waals surface area contributed by atoms with Crippen LogP contribution in [0.4, 0.5) is 5.69 Å². The summed E-state index contributed by atoms with van der Waals surface area (Å²) < 4.78 is 10.8. The van der Waals surface area contributed by atoms with Crippen LogP contribution in [-0.2, 0) is 4.74 Å². The number of rotatable bonds is 2. The maximum absolute atomic E-state index is 5.65. The predicted octanol–water partition coefficient (Wildman–Crippen LogP) is 1.14. The highest BCUT2D eigenvalue weighted by atomic mass is 16.5. The molecule has 0 spiro atoms. The number of ether oxygens (including phenoxy) is 2. The van der Waals surface area contributed by atoms with Crippen LogP contribution >= 0.6 is 0 Å². The predicted molar refractivity (Wildman–Crippen MR) is 53.2 cm³/mol. The summed E-state index contributed by atoms with van der Waals surface area (Å²) in [6.07, 6.45) is 1.08. The van der Waals surface area contributed by atoms with Crippen LogP contribution in [0.25, 0.3) is 0 Å². The van der Waals surface area contributed by atoms with Crippen LogP contribution in [0.2, 0.25) is 0 Å². The first kappa shape index (κ1) is 9.27. The van der Waals surface area contributed by atoms with Crippen molar-refractivity contribution in [3.8, 4) is 5.88 Å². The first-order valence-electron chi connectivity index (χ1n) is 4.73. The average Bonchev–Trinajstić information content (AvgIpc) is 2.64. The smallest absolute Gasteiger partial charge is 0.213 e. The lowest BCUT2D eigenvalue weighted by molar-refractivity contribution is 0.138. The molecule has 0 aliphatic carbocycles. The van der Waals surface area contributed by atoms with Gasteiger partial charge in [0.25, 0.3) is 0 Å². The van der Waals surface area contributed by atoms with Crippen molar-refractivity contribution in [1.82, 2.24) is 4.98 Å². The maximum atomic E-state index is 5.65. The van der Waals surface area contributed by atoms with E-state index >= 15 is 0 Å². The zero-order valence-corrected chi connectivity index (χ0v) is 8.19. The van der Waals surface area contributed by atoms with Gasteiger partial charge in [0.2, 0.25) is 5.88 Å². The molecule has 4 heteroatoms. The second-order valence-electron chi connectivity index (χ2n) is 3.43. The van der Waals surface area contributed by atoms with Crippen molar-refractivity contribution in [1.29, 1.82) is 0 Å². The maximum Gasteiger partial charge on any atom is 0.213 e. The summed E-state index contributed by atoms with van der Waals surface area (Å²) in [5.74, 6) is 0.632. The molecule has 1 atom stereocenters. The number of aryl methyl sites for hydroxylation is 1. The third kappa shape index (κ3) is 1.96. The molecular weight excluding hydrogens is 180 g/mol. The fraction of sp³-hybridized carbons (Fsp3) is 0.500. The van der Waals surface area contributed by atoms with Crippen molar-refractivity contribution in [3.05, 3.63) is 17.8 Å². The van der Waals surface area contributed by atoms with E-state index in [4.69, 9.17) is 15.2 Å². The van der Waals surface area contributed by atoms with Crippen LogP contribution in [-0.4, -0.2) is 24.3 Å².